The van der Waals surface area contributed by atoms with Gasteiger partial charge in [0.15, 0.2) is 0 Å². The Morgan fingerprint density at radius 1 is 1.47 bits per heavy atom. The van der Waals surface area contributed by atoms with Crippen molar-refractivity contribution in [2.24, 2.45) is 5.73 Å². The summed E-state index contributed by atoms with van der Waals surface area (Å²) in [5.74, 6) is -0.322. The Bertz CT molecular complexity index is 400. The molecule has 17 heavy (non-hydrogen) atoms. The fourth-order valence-electron chi connectivity index (χ4n) is 1.24. The molecule has 0 saturated heterocycles. The maximum absolute atomic E-state index is 11.7. The molecule has 0 heterocycles. The zero-order chi connectivity index (χ0) is 12.3. The third-order valence-corrected chi connectivity index (χ3v) is 2.10. The van der Waals surface area contributed by atoms with Gasteiger partial charge in [-0.15, -0.1) is 12.4 Å². The van der Waals surface area contributed by atoms with Crippen LogP contribution >= 0.6 is 12.4 Å². The van der Waals surface area contributed by atoms with Gasteiger partial charge >= 0.3 is 0 Å². The predicted octanol–water partition coefficient (Wildman–Crippen LogP) is 1.59. The summed E-state index contributed by atoms with van der Waals surface area (Å²) in [7, 11) is 0. The summed E-state index contributed by atoms with van der Waals surface area (Å²) < 4.78 is 0. The lowest BCUT2D eigenvalue weighted by molar-refractivity contribution is 0.0943. The second-order valence-electron chi connectivity index (χ2n) is 4.69. The molecule has 0 spiro atoms. The number of carbonyl (C=O) groups is 1. The second-order valence-corrected chi connectivity index (χ2v) is 4.69. The molecule has 1 aromatic rings. The Balaban J connectivity index is 0.00000256. The van der Waals surface area contributed by atoms with E-state index in [0.29, 0.717) is 6.54 Å². The van der Waals surface area contributed by atoms with E-state index >= 15 is 0 Å². The van der Waals surface area contributed by atoms with Crippen molar-refractivity contribution in [2.75, 3.05) is 6.54 Å². The van der Waals surface area contributed by atoms with E-state index in [1.807, 2.05) is 20.8 Å². The summed E-state index contributed by atoms with van der Waals surface area (Å²) in [6.07, 6.45) is 0. The predicted molar refractivity (Wildman–Crippen MR) is 70.7 cm³/mol. The summed E-state index contributed by atoms with van der Waals surface area (Å²) in [4.78, 5) is 11.7. The maximum Gasteiger partial charge on any atom is 0.255 e. The number of phenols is 1. The number of hydrogen-bond acceptors (Lipinski definition) is 3. The summed E-state index contributed by atoms with van der Waals surface area (Å²) in [6.45, 7) is 5.87. The van der Waals surface area contributed by atoms with Crippen LogP contribution in [-0.2, 0) is 0 Å². The molecular weight excluding hydrogens is 240 g/mol. The number of phenolic OH excluding ortho intramolecular Hbond substituents is 1. The highest BCUT2D eigenvalue weighted by Crippen LogP contribution is 2.17. The summed E-state index contributed by atoms with van der Waals surface area (Å²) in [5, 5.41) is 12.2. The van der Waals surface area contributed by atoms with E-state index in [0.717, 1.165) is 5.56 Å². The van der Waals surface area contributed by atoms with Gasteiger partial charge in [-0.05, 0) is 32.9 Å². The smallest absolute Gasteiger partial charge is 0.255 e. The van der Waals surface area contributed by atoms with Crippen LogP contribution in [0.15, 0.2) is 18.2 Å². The summed E-state index contributed by atoms with van der Waals surface area (Å²) in [6, 6.07) is 4.91. The van der Waals surface area contributed by atoms with Gasteiger partial charge < -0.3 is 16.2 Å². The molecule has 0 aliphatic rings. The first-order valence-corrected chi connectivity index (χ1v) is 5.16. The van der Waals surface area contributed by atoms with Crippen LogP contribution in [0.2, 0.25) is 0 Å². The highest BCUT2D eigenvalue weighted by Gasteiger charge is 2.15. The number of hydrogen-bond donors (Lipinski definition) is 3. The lowest BCUT2D eigenvalue weighted by atomic mass is 10.1. The van der Waals surface area contributed by atoms with E-state index in [2.05, 4.69) is 5.32 Å². The normalized spacial score (nSPS) is 10.6. The van der Waals surface area contributed by atoms with Crippen LogP contribution in [0.5, 0.6) is 5.75 Å². The average Bonchev–Trinajstić information content (AvgIpc) is 2.17. The van der Waals surface area contributed by atoms with Crippen molar-refractivity contribution in [1.82, 2.24) is 5.32 Å². The van der Waals surface area contributed by atoms with Crippen LogP contribution in [0, 0.1) is 6.92 Å². The minimum Gasteiger partial charge on any atom is -0.507 e. The van der Waals surface area contributed by atoms with Crippen molar-refractivity contribution in [1.29, 1.82) is 0 Å². The van der Waals surface area contributed by atoms with Gasteiger partial charge in [0.1, 0.15) is 5.75 Å². The number of carbonyl (C=O) groups excluding carboxylic acids is 1. The van der Waals surface area contributed by atoms with E-state index < -0.39 is 5.54 Å². The number of amides is 1. The molecular formula is C12H19ClN2O2. The molecule has 0 aliphatic carbocycles. The fourth-order valence-corrected chi connectivity index (χ4v) is 1.24. The number of aryl methyl sites for hydroxylation is 1. The van der Waals surface area contributed by atoms with Crippen molar-refractivity contribution >= 4 is 18.3 Å². The van der Waals surface area contributed by atoms with Gasteiger partial charge in [-0.25, -0.2) is 0 Å². The molecule has 0 radical (unpaired) electrons. The van der Waals surface area contributed by atoms with Crippen LogP contribution in [0.3, 0.4) is 0 Å². The van der Waals surface area contributed by atoms with Crippen LogP contribution in [0.4, 0.5) is 0 Å². The SMILES string of the molecule is Cc1ccc(O)c(C(=O)NCC(C)(C)N)c1.Cl. The van der Waals surface area contributed by atoms with Crippen LogP contribution in [0.25, 0.3) is 0 Å². The maximum atomic E-state index is 11.7. The first kappa shape index (κ1) is 15.7. The van der Waals surface area contributed by atoms with Gasteiger partial charge in [0, 0.05) is 12.1 Å². The molecule has 5 heteroatoms. The third kappa shape index (κ3) is 5.06. The molecule has 0 aliphatic heterocycles. The molecule has 0 fully saturated rings. The van der Waals surface area contributed by atoms with Crippen molar-refractivity contribution in [3.8, 4) is 5.75 Å². The Morgan fingerprint density at radius 3 is 2.59 bits per heavy atom. The fraction of sp³-hybridized carbons (Fsp3) is 0.417. The van der Waals surface area contributed by atoms with E-state index in [9.17, 15) is 9.90 Å². The lowest BCUT2D eigenvalue weighted by Crippen LogP contribution is -2.45. The van der Waals surface area contributed by atoms with Gasteiger partial charge in [-0.1, -0.05) is 11.6 Å². The minimum atomic E-state index is -0.463. The molecule has 0 unspecified atom stereocenters. The highest BCUT2D eigenvalue weighted by molar-refractivity contribution is 5.97. The van der Waals surface area contributed by atoms with Crippen molar-refractivity contribution < 1.29 is 9.90 Å². The molecule has 1 amide bonds. The molecule has 0 atom stereocenters. The molecule has 0 aromatic heterocycles. The van der Waals surface area contributed by atoms with Crippen molar-refractivity contribution in [2.45, 2.75) is 26.3 Å². The molecule has 1 rings (SSSR count). The summed E-state index contributed by atoms with van der Waals surface area (Å²) in [5.41, 5.74) is 6.50. The Hall–Kier alpha value is -1.26. The lowest BCUT2D eigenvalue weighted by Gasteiger charge is -2.19. The average molecular weight is 259 g/mol. The molecule has 96 valence electrons. The quantitative estimate of drug-likeness (QED) is 0.771. The van der Waals surface area contributed by atoms with E-state index in [1.165, 1.54) is 6.07 Å². The zero-order valence-electron chi connectivity index (χ0n) is 10.3. The number of rotatable bonds is 3. The van der Waals surface area contributed by atoms with Gasteiger partial charge in [-0.3, -0.25) is 4.79 Å². The third-order valence-electron chi connectivity index (χ3n) is 2.10. The van der Waals surface area contributed by atoms with E-state index in [1.54, 1.807) is 12.1 Å². The first-order chi connectivity index (χ1) is 7.29. The van der Waals surface area contributed by atoms with Crippen LogP contribution in [0.1, 0.15) is 29.8 Å². The molecule has 1 aromatic carbocycles. The van der Waals surface area contributed by atoms with E-state index in [4.69, 9.17) is 5.73 Å². The van der Waals surface area contributed by atoms with Gasteiger partial charge in [0.25, 0.3) is 5.91 Å². The van der Waals surface area contributed by atoms with Gasteiger partial charge in [-0.2, -0.15) is 0 Å². The van der Waals surface area contributed by atoms with Crippen LogP contribution in [-0.4, -0.2) is 23.1 Å². The van der Waals surface area contributed by atoms with Gasteiger partial charge in [0.2, 0.25) is 0 Å². The molecule has 0 bridgehead atoms. The minimum absolute atomic E-state index is 0. The zero-order valence-corrected chi connectivity index (χ0v) is 11.1. The van der Waals surface area contributed by atoms with Crippen molar-refractivity contribution in [3.05, 3.63) is 29.3 Å². The standard InChI is InChI=1S/C12H18N2O2.ClH/c1-8-4-5-10(15)9(6-8)11(16)14-7-12(2,3)13;/h4-6,15H,7,13H2,1-3H3,(H,14,16);1H. The first-order valence-electron chi connectivity index (χ1n) is 5.16. The number of aromatic hydroxyl groups is 1. The molecule has 4 nitrogen and oxygen atoms in total. The Labute approximate surface area is 108 Å². The number of benzene rings is 1. The van der Waals surface area contributed by atoms with Crippen LogP contribution < -0.4 is 11.1 Å². The molecule has 4 N–H and O–H groups in total. The number of nitrogens with one attached hydrogen (secondary N) is 1. The topological polar surface area (TPSA) is 75.3 Å². The van der Waals surface area contributed by atoms with Gasteiger partial charge in [0.05, 0.1) is 5.56 Å². The highest BCUT2D eigenvalue weighted by atomic mass is 35.5. The monoisotopic (exact) mass is 258 g/mol. The Morgan fingerprint density at radius 2 is 2.06 bits per heavy atom. The van der Waals surface area contributed by atoms with Crippen molar-refractivity contribution in [3.63, 3.8) is 0 Å². The number of halogens is 1. The van der Waals surface area contributed by atoms with E-state index in [-0.39, 0.29) is 29.6 Å². The Kier molecular flexibility index (Phi) is 5.45. The summed E-state index contributed by atoms with van der Waals surface area (Å²) >= 11 is 0. The second kappa shape index (κ2) is 5.89. The number of nitrogens with two attached hydrogens (primary N) is 1. The molecule has 0 saturated carbocycles. The largest absolute Gasteiger partial charge is 0.507 e.